The second-order valence-corrected chi connectivity index (χ2v) is 4.88. The van der Waals surface area contributed by atoms with Gasteiger partial charge in [0.2, 0.25) is 0 Å². The standard InChI is InChI=1S/C11H24N2/c1-9(2)7-11(12)8-13-6-4-5-10(13)3/h9-11H,4-8,12H2,1-3H3. The molecule has 1 aliphatic rings. The maximum atomic E-state index is 6.07. The Kier molecular flexibility index (Phi) is 4.20. The van der Waals surface area contributed by atoms with Crippen LogP contribution in [0.1, 0.15) is 40.0 Å². The normalized spacial score (nSPS) is 27.0. The molecule has 2 N–H and O–H groups in total. The molecule has 0 amide bonds. The molecule has 1 aliphatic heterocycles. The lowest BCUT2D eigenvalue weighted by Crippen LogP contribution is -2.39. The molecule has 0 aliphatic carbocycles. The third kappa shape index (κ3) is 3.65. The Morgan fingerprint density at radius 1 is 1.46 bits per heavy atom. The molecule has 0 aromatic rings. The van der Waals surface area contributed by atoms with Crippen LogP contribution in [0.4, 0.5) is 0 Å². The van der Waals surface area contributed by atoms with E-state index in [1.807, 2.05) is 0 Å². The average molecular weight is 184 g/mol. The van der Waals surface area contributed by atoms with Crippen molar-refractivity contribution in [1.29, 1.82) is 0 Å². The van der Waals surface area contributed by atoms with Gasteiger partial charge in [0, 0.05) is 18.6 Å². The molecule has 2 heteroatoms. The molecule has 0 radical (unpaired) electrons. The maximum Gasteiger partial charge on any atom is 0.0170 e. The van der Waals surface area contributed by atoms with Gasteiger partial charge in [-0.25, -0.2) is 0 Å². The first-order chi connectivity index (χ1) is 6.09. The molecule has 2 atom stereocenters. The largest absolute Gasteiger partial charge is 0.327 e. The van der Waals surface area contributed by atoms with Gasteiger partial charge in [0.05, 0.1) is 0 Å². The van der Waals surface area contributed by atoms with Crippen LogP contribution >= 0.6 is 0 Å². The first kappa shape index (κ1) is 11.0. The molecule has 13 heavy (non-hydrogen) atoms. The Bertz CT molecular complexity index is 145. The molecule has 0 aromatic heterocycles. The highest BCUT2D eigenvalue weighted by atomic mass is 15.2. The molecule has 0 spiro atoms. The van der Waals surface area contributed by atoms with Crippen LogP contribution in [0.3, 0.4) is 0 Å². The van der Waals surface area contributed by atoms with E-state index in [0.29, 0.717) is 6.04 Å². The number of hydrogen-bond acceptors (Lipinski definition) is 2. The Labute approximate surface area is 82.5 Å². The van der Waals surface area contributed by atoms with Crippen LogP contribution in [0, 0.1) is 5.92 Å². The van der Waals surface area contributed by atoms with E-state index in [1.165, 1.54) is 19.4 Å². The van der Waals surface area contributed by atoms with Crippen molar-refractivity contribution < 1.29 is 0 Å². The summed E-state index contributed by atoms with van der Waals surface area (Å²) in [6.45, 7) is 9.15. The molecule has 1 rings (SSSR count). The number of likely N-dealkylation sites (tertiary alicyclic amines) is 1. The van der Waals surface area contributed by atoms with Gasteiger partial charge < -0.3 is 5.73 Å². The smallest absolute Gasteiger partial charge is 0.0170 e. The lowest BCUT2D eigenvalue weighted by molar-refractivity contribution is 0.241. The number of nitrogens with zero attached hydrogens (tertiary/aromatic N) is 1. The zero-order valence-electron chi connectivity index (χ0n) is 9.29. The van der Waals surface area contributed by atoms with Gasteiger partial charge in [0.1, 0.15) is 0 Å². The molecular formula is C11H24N2. The van der Waals surface area contributed by atoms with Crippen LogP contribution in [0.15, 0.2) is 0 Å². The summed E-state index contributed by atoms with van der Waals surface area (Å²) in [6.07, 6.45) is 3.87. The van der Waals surface area contributed by atoms with E-state index in [-0.39, 0.29) is 0 Å². The van der Waals surface area contributed by atoms with Crippen LogP contribution in [0.2, 0.25) is 0 Å². The Balaban J connectivity index is 2.22. The second-order valence-electron chi connectivity index (χ2n) is 4.88. The van der Waals surface area contributed by atoms with Crippen LogP contribution in [0.25, 0.3) is 0 Å². The van der Waals surface area contributed by atoms with E-state index in [9.17, 15) is 0 Å². The SMILES string of the molecule is CC(C)CC(N)CN1CCCC1C. The van der Waals surface area contributed by atoms with Crippen molar-refractivity contribution in [2.45, 2.75) is 52.1 Å². The van der Waals surface area contributed by atoms with Gasteiger partial charge >= 0.3 is 0 Å². The zero-order chi connectivity index (χ0) is 9.84. The molecule has 0 aromatic carbocycles. The molecule has 0 bridgehead atoms. The Morgan fingerprint density at radius 3 is 2.62 bits per heavy atom. The Hall–Kier alpha value is -0.0800. The molecule has 1 fully saturated rings. The van der Waals surface area contributed by atoms with E-state index < -0.39 is 0 Å². The van der Waals surface area contributed by atoms with Crippen molar-refractivity contribution in [1.82, 2.24) is 4.90 Å². The molecule has 2 nitrogen and oxygen atoms in total. The van der Waals surface area contributed by atoms with Crippen LogP contribution in [0.5, 0.6) is 0 Å². The minimum atomic E-state index is 0.376. The average Bonchev–Trinajstić information content (AvgIpc) is 2.34. The van der Waals surface area contributed by atoms with Gasteiger partial charge in [-0.1, -0.05) is 13.8 Å². The van der Waals surface area contributed by atoms with Crippen LogP contribution in [-0.2, 0) is 0 Å². The van der Waals surface area contributed by atoms with Crippen molar-refractivity contribution in [3.8, 4) is 0 Å². The fourth-order valence-corrected chi connectivity index (χ4v) is 2.25. The number of nitrogens with two attached hydrogens (primary N) is 1. The highest BCUT2D eigenvalue weighted by molar-refractivity contribution is 4.79. The van der Waals surface area contributed by atoms with E-state index in [4.69, 9.17) is 5.73 Å². The number of hydrogen-bond donors (Lipinski definition) is 1. The highest BCUT2D eigenvalue weighted by Crippen LogP contribution is 2.17. The Morgan fingerprint density at radius 2 is 2.15 bits per heavy atom. The van der Waals surface area contributed by atoms with Crippen molar-refractivity contribution in [2.75, 3.05) is 13.1 Å². The molecule has 78 valence electrons. The molecule has 2 unspecified atom stereocenters. The van der Waals surface area contributed by atoms with Crippen LogP contribution < -0.4 is 5.73 Å². The minimum absolute atomic E-state index is 0.376. The first-order valence-corrected chi connectivity index (χ1v) is 5.59. The summed E-state index contributed by atoms with van der Waals surface area (Å²) in [6, 6.07) is 1.14. The quantitative estimate of drug-likeness (QED) is 0.722. The van der Waals surface area contributed by atoms with Crippen molar-refractivity contribution in [3.05, 3.63) is 0 Å². The summed E-state index contributed by atoms with van der Waals surface area (Å²) in [5.41, 5.74) is 6.07. The molecular weight excluding hydrogens is 160 g/mol. The van der Waals surface area contributed by atoms with Gasteiger partial charge in [-0.2, -0.15) is 0 Å². The summed E-state index contributed by atoms with van der Waals surface area (Å²) in [4.78, 5) is 2.53. The fraction of sp³-hybridized carbons (Fsp3) is 1.00. The fourth-order valence-electron chi connectivity index (χ4n) is 2.25. The van der Waals surface area contributed by atoms with Crippen molar-refractivity contribution in [2.24, 2.45) is 11.7 Å². The first-order valence-electron chi connectivity index (χ1n) is 5.59. The van der Waals surface area contributed by atoms with Gasteiger partial charge in [-0.15, -0.1) is 0 Å². The molecule has 0 saturated carbocycles. The third-order valence-corrected chi connectivity index (χ3v) is 2.93. The van der Waals surface area contributed by atoms with Crippen molar-refractivity contribution in [3.63, 3.8) is 0 Å². The lowest BCUT2D eigenvalue weighted by atomic mass is 10.0. The number of rotatable bonds is 4. The van der Waals surface area contributed by atoms with Gasteiger partial charge in [-0.3, -0.25) is 4.90 Å². The van der Waals surface area contributed by atoms with Crippen LogP contribution in [-0.4, -0.2) is 30.1 Å². The van der Waals surface area contributed by atoms with Crippen molar-refractivity contribution >= 4 is 0 Å². The van der Waals surface area contributed by atoms with E-state index in [2.05, 4.69) is 25.7 Å². The second kappa shape index (κ2) is 4.97. The summed E-state index contributed by atoms with van der Waals surface area (Å²) in [7, 11) is 0. The predicted molar refractivity (Wildman–Crippen MR) is 57.7 cm³/mol. The lowest BCUT2D eigenvalue weighted by Gasteiger charge is -2.25. The van der Waals surface area contributed by atoms with E-state index >= 15 is 0 Å². The maximum absolute atomic E-state index is 6.07. The monoisotopic (exact) mass is 184 g/mol. The van der Waals surface area contributed by atoms with E-state index in [1.54, 1.807) is 0 Å². The van der Waals surface area contributed by atoms with E-state index in [0.717, 1.165) is 24.9 Å². The summed E-state index contributed by atoms with van der Waals surface area (Å²) < 4.78 is 0. The summed E-state index contributed by atoms with van der Waals surface area (Å²) in [5.74, 6) is 0.730. The summed E-state index contributed by atoms with van der Waals surface area (Å²) >= 11 is 0. The van der Waals surface area contributed by atoms with Gasteiger partial charge in [0.25, 0.3) is 0 Å². The van der Waals surface area contributed by atoms with Gasteiger partial charge in [-0.05, 0) is 38.6 Å². The highest BCUT2D eigenvalue weighted by Gasteiger charge is 2.21. The van der Waals surface area contributed by atoms with Gasteiger partial charge in [0.15, 0.2) is 0 Å². The molecule has 1 saturated heterocycles. The third-order valence-electron chi connectivity index (χ3n) is 2.93. The summed E-state index contributed by atoms with van der Waals surface area (Å²) in [5, 5.41) is 0. The molecule has 1 heterocycles. The zero-order valence-corrected chi connectivity index (χ0v) is 9.29. The topological polar surface area (TPSA) is 29.3 Å². The predicted octanol–water partition coefficient (Wildman–Crippen LogP) is 1.84. The minimum Gasteiger partial charge on any atom is -0.327 e.